The molecule has 27 heavy (non-hydrogen) atoms. The molecule has 140 valence electrons. The lowest BCUT2D eigenvalue weighted by atomic mass is 10.1. The van der Waals surface area contributed by atoms with Crippen molar-refractivity contribution in [3.8, 4) is 5.75 Å². The van der Waals surface area contributed by atoms with Gasteiger partial charge in [0.1, 0.15) is 12.4 Å². The van der Waals surface area contributed by atoms with Crippen LogP contribution in [0.5, 0.6) is 5.75 Å². The van der Waals surface area contributed by atoms with E-state index >= 15 is 0 Å². The second-order valence-electron chi connectivity index (χ2n) is 5.68. The second kappa shape index (κ2) is 9.99. The Kier molecular flexibility index (Phi) is 7.12. The third kappa shape index (κ3) is 6.62. The molecule has 1 heterocycles. The zero-order valence-corrected chi connectivity index (χ0v) is 16.1. The van der Waals surface area contributed by atoms with Gasteiger partial charge in [0.2, 0.25) is 11.1 Å². The van der Waals surface area contributed by atoms with E-state index in [0.29, 0.717) is 28.3 Å². The first-order valence-corrected chi connectivity index (χ1v) is 9.78. The van der Waals surface area contributed by atoms with Crippen molar-refractivity contribution in [2.24, 2.45) is 0 Å². The predicted octanol–water partition coefficient (Wildman–Crippen LogP) is 3.49. The van der Waals surface area contributed by atoms with Crippen molar-refractivity contribution in [2.45, 2.75) is 18.2 Å². The van der Waals surface area contributed by atoms with Gasteiger partial charge in [-0.3, -0.25) is 9.89 Å². The summed E-state index contributed by atoms with van der Waals surface area (Å²) in [6.07, 6.45) is 0.810. The number of halogens is 1. The number of carbonyl (C=O) groups excluding carboxylic acids is 1. The first-order valence-electron chi connectivity index (χ1n) is 8.42. The summed E-state index contributed by atoms with van der Waals surface area (Å²) < 4.78 is 5.60. The molecule has 6 nitrogen and oxygen atoms in total. The van der Waals surface area contributed by atoms with Gasteiger partial charge in [-0.1, -0.05) is 53.7 Å². The van der Waals surface area contributed by atoms with Crippen LogP contribution < -0.4 is 10.1 Å². The van der Waals surface area contributed by atoms with E-state index in [1.54, 1.807) is 24.3 Å². The average molecular weight is 403 g/mol. The van der Waals surface area contributed by atoms with Crippen LogP contribution in [0, 0.1) is 0 Å². The third-order valence-electron chi connectivity index (χ3n) is 3.61. The summed E-state index contributed by atoms with van der Waals surface area (Å²) in [6, 6.07) is 17.1. The summed E-state index contributed by atoms with van der Waals surface area (Å²) in [5, 5.41) is 11.0. The SMILES string of the molecule is O=C(CSc1n[nH]c(COc2ccc(Cl)cc2)n1)NCCc1ccccc1. The maximum atomic E-state index is 11.9. The van der Waals surface area contributed by atoms with Crippen LogP contribution in [-0.2, 0) is 17.8 Å². The maximum absolute atomic E-state index is 11.9. The van der Waals surface area contributed by atoms with Crippen molar-refractivity contribution in [3.05, 3.63) is 71.0 Å². The van der Waals surface area contributed by atoms with Crippen LogP contribution in [0.2, 0.25) is 5.02 Å². The number of rotatable bonds is 9. The fraction of sp³-hybridized carbons (Fsp3) is 0.211. The molecule has 0 aliphatic heterocycles. The zero-order valence-electron chi connectivity index (χ0n) is 14.5. The van der Waals surface area contributed by atoms with Crippen LogP contribution in [0.25, 0.3) is 0 Å². The number of benzene rings is 2. The highest BCUT2D eigenvalue weighted by Gasteiger charge is 2.08. The number of aromatic amines is 1. The van der Waals surface area contributed by atoms with Crippen LogP contribution >= 0.6 is 23.4 Å². The molecule has 0 aliphatic rings. The Bertz CT molecular complexity index is 856. The molecule has 0 radical (unpaired) electrons. The molecule has 0 saturated heterocycles. The summed E-state index contributed by atoms with van der Waals surface area (Å²) >= 11 is 7.12. The number of amides is 1. The number of nitrogens with one attached hydrogen (secondary N) is 2. The number of nitrogens with zero attached hydrogens (tertiary/aromatic N) is 2. The van der Waals surface area contributed by atoms with E-state index in [0.717, 1.165) is 6.42 Å². The molecule has 1 aromatic heterocycles. The van der Waals surface area contributed by atoms with E-state index in [9.17, 15) is 4.79 Å². The largest absolute Gasteiger partial charge is 0.486 e. The van der Waals surface area contributed by atoms with E-state index in [2.05, 4.69) is 20.5 Å². The first-order chi connectivity index (χ1) is 13.2. The van der Waals surface area contributed by atoms with Crippen molar-refractivity contribution >= 4 is 29.3 Å². The standard InChI is InChI=1S/C19H19ClN4O2S/c20-15-6-8-16(9-7-15)26-12-17-22-19(24-23-17)27-13-18(25)21-11-10-14-4-2-1-3-5-14/h1-9H,10-13H2,(H,21,25)(H,22,23,24). The molecule has 0 saturated carbocycles. The number of thioether (sulfide) groups is 1. The van der Waals surface area contributed by atoms with Crippen LogP contribution in [0.15, 0.2) is 59.8 Å². The fourth-order valence-corrected chi connectivity index (χ4v) is 3.03. The number of carbonyl (C=O) groups is 1. The van der Waals surface area contributed by atoms with Crippen LogP contribution in [0.1, 0.15) is 11.4 Å². The minimum atomic E-state index is -0.0419. The van der Waals surface area contributed by atoms with Crippen molar-refractivity contribution in [1.29, 1.82) is 0 Å². The van der Waals surface area contributed by atoms with Crippen LogP contribution in [-0.4, -0.2) is 33.4 Å². The maximum Gasteiger partial charge on any atom is 0.230 e. The molecular weight excluding hydrogens is 384 g/mol. The average Bonchev–Trinajstić information content (AvgIpc) is 3.15. The lowest BCUT2D eigenvalue weighted by Crippen LogP contribution is -2.27. The second-order valence-corrected chi connectivity index (χ2v) is 7.06. The quantitative estimate of drug-likeness (QED) is 0.535. The van der Waals surface area contributed by atoms with Crippen molar-refractivity contribution in [1.82, 2.24) is 20.5 Å². The van der Waals surface area contributed by atoms with Crippen LogP contribution in [0.3, 0.4) is 0 Å². The van der Waals surface area contributed by atoms with E-state index < -0.39 is 0 Å². The third-order valence-corrected chi connectivity index (χ3v) is 4.71. The van der Waals surface area contributed by atoms with E-state index in [4.69, 9.17) is 16.3 Å². The van der Waals surface area contributed by atoms with Gasteiger partial charge in [0.15, 0.2) is 5.82 Å². The zero-order chi connectivity index (χ0) is 18.9. The lowest BCUT2D eigenvalue weighted by molar-refractivity contribution is -0.118. The van der Waals surface area contributed by atoms with Gasteiger partial charge in [0, 0.05) is 11.6 Å². The molecule has 0 unspecified atom stereocenters. The first kappa shape index (κ1) is 19.3. The molecule has 3 aromatic rings. The normalized spacial score (nSPS) is 10.6. The van der Waals surface area contributed by atoms with Crippen molar-refractivity contribution < 1.29 is 9.53 Å². The molecule has 2 N–H and O–H groups in total. The summed E-state index contributed by atoms with van der Waals surface area (Å²) in [6.45, 7) is 0.871. The Morgan fingerprint density at radius 2 is 1.93 bits per heavy atom. The summed E-state index contributed by atoms with van der Waals surface area (Å²) in [4.78, 5) is 16.2. The van der Waals surface area contributed by atoms with Gasteiger partial charge in [-0.2, -0.15) is 0 Å². The van der Waals surface area contributed by atoms with Crippen LogP contribution in [0.4, 0.5) is 0 Å². The number of aromatic nitrogens is 3. The molecule has 0 spiro atoms. The molecular formula is C19H19ClN4O2S. The van der Waals surface area contributed by atoms with Gasteiger partial charge in [-0.15, -0.1) is 5.10 Å². The highest BCUT2D eigenvalue weighted by Crippen LogP contribution is 2.17. The predicted molar refractivity (Wildman–Crippen MR) is 106 cm³/mol. The summed E-state index contributed by atoms with van der Waals surface area (Å²) in [5.41, 5.74) is 1.20. The Hall–Kier alpha value is -2.51. The molecule has 0 bridgehead atoms. The Morgan fingerprint density at radius 3 is 2.70 bits per heavy atom. The van der Waals surface area contributed by atoms with Gasteiger partial charge in [-0.25, -0.2) is 4.98 Å². The van der Waals surface area contributed by atoms with Gasteiger partial charge in [0.25, 0.3) is 0 Å². The highest BCUT2D eigenvalue weighted by molar-refractivity contribution is 7.99. The molecule has 3 rings (SSSR count). The number of H-pyrrole nitrogens is 1. The minimum Gasteiger partial charge on any atom is -0.486 e. The Morgan fingerprint density at radius 1 is 1.15 bits per heavy atom. The molecule has 2 aromatic carbocycles. The molecule has 0 fully saturated rings. The smallest absolute Gasteiger partial charge is 0.230 e. The lowest BCUT2D eigenvalue weighted by Gasteiger charge is -2.04. The monoisotopic (exact) mass is 402 g/mol. The van der Waals surface area contributed by atoms with Gasteiger partial charge >= 0.3 is 0 Å². The Balaban J connectivity index is 1.36. The fourth-order valence-electron chi connectivity index (χ4n) is 2.26. The summed E-state index contributed by atoms with van der Waals surface area (Å²) in [7, 11) is 0. The molecule has 1 amide bonds. The minimum absolute atomic E-state index is 0.0419. The van der Waals surface area contributed by atoms with E-state index in [-0.39, 0.29) is 18.3 Å². The van der Waals surface area contributed by atoms with E-state index in [1.165, 1.54) is 17.3 Å². The highest BCUT2D eigenvalue weighted by atomic mass is 35.5. The van der Waals surface area contributed by atoms with Gasteiger partial charge < -0.3 is 10.1 Å². The van der Waals surface area contributed by atoms with Crippen molar-refractivity contribution in [3.63, 3.8) is 0 Å². The van der Waals surface area contributed by atoms with Crippen molar-refractivity contribution in [2.75, 3.05) is 12.3 Å². The number of ether oxygens (including phenoxy) is 1. The van der Waals surface area contributed by atoms with Gasteiger partial charge in [0.05, 0.1) is 5.75 Å². The summed E-state index contributed by atoms with van der Waals surface area (Å²) in [5.74, 6) is 1.52. The van der Waals surface area contributed by atoms with Gasteiger partial charge in [-0.05, 0) is 36.2 Å². The number of hydrogen-bond donors (Lipinski definition) is 2. The molecule has 0 aliphatic carbocycles. The molecule has 8 heteroatoms. The number of hydrogen-bond acceptors (Lipinski definition) is 5. The van der Waals surface area contributed by atoms with E-state index in [1.807, 2.05) is 30.3 Å². The molecule has 0 atom stereocenters. The topological polar surface area (TPSA) is 79.9 Å². The Labute approximate surface area is 166 Å².